The molecule has 2 N–H and O–H groups in total. The van der Waals surface area contributed by atoms with Gasteiger partial charge in [-0.3, -0.25) is 4.79 Å². The zero-order chi connectivity index (χ0) is 18.0. The molecule has 0 atom stereocenters. The van der Waals surface area contributed by atoms with Crippen molar-refractivity contribution in [2.24, 2.45) is 12.1 Å². The number of hydrogen-bond donors (Lipinski definition) is 2. The fourth-order valence-corrected chi connectivity index (χ4v) is 3.11. The highest BCUT2D eigenvalue weighted by atomic mass is 79.9. The minimum Gasteiger partial charge on any atom is -0.507 e. The van der Waals surface area contributed by atoms with Gasteiger partial charge in [-0.25, -0.2) is 5.43 Å². The van der Waals surface area contributed by atoms with Crippen molar-refractivity contribution in [1.29, 1.82) is 0 Å². The van der Waals surface area contributed by atoms with Crippen molar-refractivity contribution in [2.75, 3.05) is 0 Å². The van der Waals surface area contributed by atoms with Gasteiger partial charge in [0, 0.05) is 22.4 Å². The average Bonchev–Trinajstić information content (AvgIpc) is 2.95. The first kappa shape index (κ1) is 17.2. The Kier molecular flexibility index (Phi) is 4.90. The van der Waals surface area contributed by atoms with Crippen LogP contribution >= 0.6 is 15.9 Å². The van der Waals surface area contributed by atoms with E-state index in [1.54, 1.807) is 12.1 Å². The number of para-hydroxylation sites is 1. The average molecular weight is 400 g/mol. The third-order valence-electron chi connectivity index (χ3n) is 4.08. The lowest BCUT2D eigenvalue weighted by molar-refractivity contribution is 0.0952. The van der Waals surface area contributed by atoms with Gasteiger partial charge in [-0.1, -0.05) is 41.1 Å². The minimum atomic E-state index is -0.455. The molecule has 0 aliphatic rings. The molecule has 0 aliphatic carbocycles. The molecule has 1 aromatic heterocycles. The van der Waals surface area contributed by atoms with Gasteiger partial charge in [0.2, 0.25) is 0 Å². The Morgan fingerprint density at radius 1 is 1.24 bits per heavy atom. The van der Waals surface area contributed by atoms with Crippen molar-refractivity contribution in [3.63, 3.8) is 0 Å². The number of aromatic nitrogens is 1. The number of hydrazone groups is 1. The predicted molar refractivity (Wildman–Crippen MR) is 103 cm³/mol. The second-order valence-corrected chi connectivity index (χ2v) is 6.58. The van der Waals surface area contributed by atoms with Crippen LogP contribution in [0.3, 0.4) is 0 Å². The van der Waals surface area contributed by atoms with Gasteiger partial charge in [-0.05, 0) is 36.8 Å². The van der Waals surface area contributed by atoms with Crippen molar-refractivity contribution in [3.8, 4) is 5.75 Å². The Bertz CT molecular complexity index is 976. The van der Waals surface area contributed by atoms with E-state index >= 15 is 0 Å². The van der Waals surface area contributed by atoms with E-state index in [1.165, 1.54) is 6.07 Å². The largest absolute Gasteiger partial charge is 0.507 e. The molecule has 0 saturated heterocycles. The van der Waals surface area contributed by atoms with Gasteiger partial charge in [0.05, 0.1) is 17.0 Å². The first-order valence-corrected chi connectivity index (χ1v) is 8.70. The number of aromatic hydroxyl groups is 1. The standard InChI is InChI=1S/C19H18BrN3O2/c1-3-15(17-10-12-6-4-5-7-16(12)23(17)2)21-22-19(25)14-11-13(20)8-9-18(14)24/h4-11,24H,3H2,1-2H3,(H,22,25)/b21-15+. The molecule has 2 aromatic carbocycles. The highest BCUT2D eigenvalue weighted by Gasteiger charge is 2.13. The van der Waals surface area contributed by atoms with E-state index in [2.05, 4.69) is 37.1 Å². The van der Waals surface area contributed by atoms with Crippen molar-refractivity contribution in [3.05, 3.63) is 64.3 Å². The van der Waals surface area contributed by atoms with Crippen molar-refractivity contribution in [1.82, 2.24) is 9.99 Å². The van der Waals surface area contributed by atoms with Crippen LogP contribution < -0.4 is 5.43 Å². The number of hydrogen-bond acceptors (Lipinski definition) is 3. The quantitative estimate of drug-likeness (QED) is 0.510. The first-order valence-electron chi connectivity index (χ1n) is 7.91. The summed E-state index contributed by atoms with van der Waals surface area (Å²) in [6.45, 7) is 1.99. The zero-order valence-electron chi connectivity index (χ0n) is 14.0. The number of benzene rings is 2. The Morgan fingerprint density at radius 3 is 2.72 bits per heavy atom. The van der Waals surface area contributed by atoms with Gasteiger partial charge in [0.15, 0.2) is 0 Å². The molecular weight excluding hydrogens is 382 g/mol. The molecule has 0 fully saturated rings. The van der Waals surface area contributed by atoms with Crippen LogP contribution in [0.25, 0.3) is 10.9 Å². The summed E-state index contributed by atoms with van der Waals surface area (Å²) in [5.41, 5.74) is 5.53. The summed E-state index contributed by atoms with van der Waals surface area (Å²) in [4.78, 5) is 12.3. The molecule has 3 aromatic rings. The molecule has 6 heteroatoms. The maximum absolute atomic E-state index is 12.3. The lowest BCUT2D eigenvalue weighted by Crippen LogP contribution is -2.21. The smallest absolute Gasteiger partial charge is 0.275 e. The van der Waals surface area contributed by atoms with Crippen LogP contribution in [0, 0.1) is 0 Å². The lowest BCUT2D eigenvalue weighted by atomic mass is 10.2. The normalized spacial score (nSPS) is 11.7. The fourth-order valence-electron chi connectivity index (χ4n) is 2.75. The predicted octanol–water partition coefficient (Wildman–Crippen LogP) is 4.19. The van der Waals surface area contributed by atoms with E-state index in [9.17, 15) is 9.90 Å². The van der Waals surface area contributed by atoms with Gasteiger partial charge in [-0.2, -0.15) is 5.10 Å². The van der Waals surface area contributed by atoms with E-state index < -0.39 is 5.91 Å². The van der Waals surface area contributed by atoms with Gasteiger partial charge in [-0.15, -0.1) is 0 Å². The molecule has 0 spiro atoms. The fraction of sp³-hybridized carbons (Fsp3) is 0.158. The summed E-state index contributed by atoms with van der Waals surface area (Å²) in [6, 6.07) is 14.8. The number of phenols is 1. The topological polar surface area (TPSA) is 66.6 Å². The van der Waals surface area contributed by atoms with Gasteiger partial charge < -0.3 is 9.67 Å². The molecule has 0 saturated carbocycles. The number of carbonyl (C=O) groups excluding carboxylic acids is 1. The molecule has 5 nitrogen and oxygen atoms in total. The summed E-state index contributed by atoms with van der Waals surface area (Å²) in [5, 5.41) is 15.3. The molecule has 128 valence electrons. The van der Waals surface area contributed by atoms with Crippen LogP contribution in [0.2, 0.25) is 0 Å². The number of fused-ring (bicyclic) bond motifs is 1. The second-order valence-electron chi connectivity index (χ2n) is 5.66. The summed E-state index contributed by atoms with van der Waals surface area (Å²) in [6.07, 6.45) is 0.662. The molecule has 0 radical (unpaired) electrons. The SMILES string of the molecule is CC/C(=N\NC(=O)c1cc(Br)ccc1O)c1cc2ccccc2n1C. The maximum atomic E-state index is 12.3. The highest BCUT2D eigenvalue weighted by molar-refractivity contribution is 9.10. The monoisotopic (exact) mass is 399 g/mol. The number of carbonyl (C=O) groups is 1. The van der Waals surface area contributed by atoms with Gasteiger partial charge >= 0.3 is 0 Å². The van der Waals surface area contributed by atoms with Crippen molar-refractivity contribution >= 4 is 38.5 Å². The van der Waals surface area contributed by atoms with E-state index in [0.29, 0.717) is 10.9 Å². The molecule has 0 bridgehead atoms. The third kappa shape index (κ3) is 3.44. The molecule has 1 heterocycles. The van der Waals surface area contributed by atoms with Crippen LogP contribution in [0.1, 0.15) is 29.4 Å². The van der Waals surface area contributed by atoms with Crippen molar-refractivity contribution < 1.29 is 9.90 Å². The van der Waals surface area contributed by atoms with Crippen LogP contribution in [0.4, 0.5) is 0 Å². The number of aryl methyl sites for hydroxylation is 1. The molecule has 3 rings (SSSR count). The molecule has 0 aliphatic heterocycles. The van der Waals surface area contributed by atoms with Gasteiger partial charge in [0.25, 0.3) is 5.91 Å². The number of phenolic OH excluding ortho intramolecular Hbond substituents is 1. The molecule has 1 amide bonds. The van der Waals surface area contributed by atoms with E-state index in [4.69, 9.17) is 0 Å². The van der Waals surface area contributed by atoms with Crippen LogP contribution in [-0.4, -0.2) is 21.3 Å². The van der Waals surface area contributed by atoms with Crippen LogP contribution in [-0.2, 0) is 7.05 Å². The Morgan fingerprint density at radius 2 is 2.00 bits per heavy atom. The minimum absolute atomic E-state index is 0.0847. The first-order chi connectivity index (χ1) is 12.0. The van der Waals surface area contributed by atoms with Crippen LogP contribution in [0.15, 0.2) is 58.1 Å². The summed E-state index contributed by atoms with van der Waals surface area (Å²) in [7, 11) is 1.98. The third-order valence-corrected chi connectivity index (χ3v) is 4.57. The van der Waals surface area contributed by atoms with E-state index in [1.807, 2.05) is 38.2 Å². The number of amides is 1. The Hall–Kier alpha value is -2.60. The van der Waals surface area contributed by atoms with Crippen molar-refractivity contribution in [2.45, 2.75) is 13.3 Å². The zero-order valence-corrected chi connectivity index (χ0v) is 15.5. The molecular formula is C19H18BrN3O2. The van der Waals surface area contributed by atoms with Gasteiger partial charge in [0.1, 0.15) is 5.75 Å². The number of halogens is 1. The molecule has 0 unspecified atom stereocenters. The summed E-state index contributed by atoms with van der Waals surface area (Å²) in [5.74, 6) is -0.540. The van der Waals surface area contributed by atoms with E-state index in [0.717, 1.165) is 22.3 Å². The number of rotatable bonds is 4. The second kappa shape index (κ2) is 7.11. The van der Waals surface area contributed by atoms with E-state index in [-0.39, 0.29) is 11.3 Å². The lowest BCUT2D eigenvalue weighted by Gasteiger charge is -2.08. The maximum Gasteiger partial charge on any atom is 0.275 e. The summed E-state index contributed by atoms with van der Waals surface area (Å²) < 4.78 is 2.77. The number of nitrogens with zero attached hydrogens (tertiary/aromatic N) is 2. The van der Waals surface area contributed by atoms with Crippen LogP contribution in [0.5, 0.6) is 5.75 Å². The number of nitrogens with one attached hydrogen (secondary N) is 1. The Labute approximate surface area is 154 Å². The molecule has 25 heavy (non-hydrogen) atoms. The Balaban J connectivity index is 1.91. The highest BCUT2D eigenvalue weighted by Crippen LogP contribution is 2.22. The summed E-state index contributed by atoms with van der Waals surface area (Å²) >= 11 is 3.29.